The van der Waals surface area contributed by atoms with E-state index in [2.05, 4.69) is 55.2 Å². The van der Waals surface area contributed by atoms with Crippen molar-refractivity contribution in [3.8, 4) is 23.0 Å². The third-order valence-electron chi connectivity index (χ3n) is 5.55. The Labute approximate surface area is 164 Å². The molecule has 1 heteroatoms. The molecular formula is C25H29Cl. The summed E-state index contributed by atoms with van der Waals surface area (Å²) < 4.78 is 0. The third kappa shape index (κ3) is 5.65. The minimum absolute atomic E-state index is 0.591. The minimum atomic E-state index is 0.591. The number of rotatable bonds is 5. The van der Waals surface area contributed by atoms with Gasteiger partial charge in [0.25, 0.3) is 0 Å². The fourth-order valence-electron chi connectivity index (χ4n) is 3.85. The third-order valence-corrected chi connectivity index (χ3v) is 5.80. The van der Waals surface area contributed by atoms with E-state index in [1.165, 1.54) is 62.5 Å². The SMILES string of the molecule is CCCCCC1CCC(C#Cc2ccc(-c3ccc(Cl)cc3)cc2)CC1. The summed E-state index contributed by atoms with van der Waals surface area (Å²) in [6, 6.07) is 16.5. The van der Waals surface area contributed by atoms with E-state index >= 15 is 0 Å². The van der Waals surface area contributed by atoms with Gasteiger partial charge in [0.15, 0.2) is 0 Å². The number of hydrogen-bond donors (Lipinski definition) is 0. The van der Waals surface area contributed by atoms with E-state index in [-0.39, 0.29) is 0 Å². The van der Waals surface area contributed by atoms with Gasteiger partial charge in [-0.1, -0.05) is 80.3 Å². The molecule has 2 aromatic carbocycles. The highest BCUT2D eigenvalue weighted by molar-refractivity contribution is 6.30. The van der Waals surface area contributed by atoms with E-state index in [0.717, 1.165) is 16.5 Å². The molecule has 0 unspecified atom stereocenters. The molecule has 0 radical (unpaired) electrons. The molecule has 0 nitrogen and oxygen atoms in total. The predicted octanol–water partition coefficient (Wildman–Crippen LogP) is 7.75. The van der Waals surface area contributed by atoms with Crippen LogP contribution in [-0.2, 0) is 0 Å². The minimum Gasteiger partial charge on any atom is -0.0945 e. The van der Waals surface area contributed by atoms with Crippen molar-refractivity contribution in [1.29, 1.82) is 0 Å². The van der Waals surface area contributed by atoms with Crippen LogP contribution in [0.1, 0.15) is 63.9 Å². The second kappa shape index (κ2) is 9.84. The van der Waals surface area contributed by atoms with E-state index in [9.17, 15) is 0 Å². The van der Waals surface area contributed by atoms with Crippen LogP contribution in [0.15, 0.2) is 48.5 Å². The molecule has 2 aromatic rings. The summed E-state index contributed by atoms with van der Waals surface area (Å²) in [5.41, 5.74) is 3.52. The van der Waals surface area contributed by atoms with Crippen molar-refractivity contribution in [3.05, 3.63) is 59.1 Å². The lowest BCUT2D eigenvalue weighted by molar-refractivity contribution is 0.294. The summed E-state index contributed by atoms with van der Waals surface area (Å²) in [7, 11) is 0. The van der Waals surface area contributed by atoms with Crippen LogP contribution < -0.4 is 0 Å². The van der Waals surface area contributed by atoms with Gasteiger partial charge in [-0.15, -0.1) is 0 Å². The predicted molar refractivity (Wildman–Crippen MR) is 113 cm³/mol. The molecule has 0 spiro atoms. The number of unbranched alkanes of at least 4 members (excludes halogenated alkanes) is 2. The quantitative estimate of drug-likeness (QED) is 0.376. The Hall–Kier alpha value is -1.71. The van der Waals surface area contributed by atoms with Gasteiger partial charge >= 0.3 is 0 Å². The van der Waals surface area contributed by atoms with Gasteiger partial charge in [-0.05, 0) is 67.0 Å². The Bertz CT molecular complexity index is 722. The summed E-state index contributed by atoms with van der Waals surface area (Å²) >= 11 is 5.96. The molecular weight excluding hydrogens is 336 g/mol. The smallest absolute Gasteiger partial charge is 0.0406 e. The van der Waals surface area contributed by atoms with Crippen LogP contribution >= 0.6 is 11.6 Å². The molecule has 0 heterocycles. The zero-order valence-electron chi connectivity index (χ0n) is 15.8. The summed E-state index contributed by atoms with van der Waals surface area (Å²) in [6.07, 6.45) is 10.9. The van der Waals surface area contributed by atoms with Gasteiger partial charge in [0.05, 0.1) is 0 Å². The molecule has 1 fully saturated rings. The average Bonchev–Trinajstić information content (AvgIpc) is 2.69. The Morgan fingerprint density at radius 2 is 1.46 bits per heavy atom. The molecule has 0 bridgehead atoms. The molecule has 0 amide bonds. The Kier molecular flexibility index (Phi) is 7.22. The van der Waals surface area contributed by atoms with Crippen molar-refractivity contribution in [2.45, 2.75) is 58.3 Å². The van der Waals surface area contributed by atoms with Crippen LogP contribution in [-0.4, -0.2) is 0 Å². The second-order valence-electron chi connectivity index (χ2n) is 7.57. The van der Waals surface area contributed by atoms with E-state index in [1.54, 1.807) is 0 Å². The monoisotopic (exact) mass is 364 g/mol. The molecule has 0 aromatic heterocycles. The summed E-state index contributed by atoms with van der Waals surface area (Å²) in [5, 5.41) is 0.774. The van der Waals surface area contributed by atoms with Crippen molar-refractivity contribution < 1.29 is 0 Å². The van der Waals surface area contributed by atoms with E-state index in [0.29, 0.717) is 5.92 Å². The first kappa shape index (κ1) is 19.1. The Morgan fingerprint density at radius 1 is 0.846 bits per heavy atom. The normalized spacial score (nSPS) is 19.6. The highest BCUT2D eigenvalue weighted by atomic mass is 35.5. The summed E-state index contributed by atoms with van der Waals surface area (Å²) in [5.74, 6) is 8.47. The fourth-order valence-corrected chi connectivity index (χ4v) is 3.98. The lowest BCUT2D eigenvalue weighted by atomic mass is 9.80. The zero-order valence-corrected chi connectivity index (χ0v) is 16.6. The lowest BCUT2D eigenvalue weighted by Crippen LogP contribution is -2.13. The van der Waals surface area contributed by atoms with Crippen molar-refractivity contribution >= 4 is 11.6 Å². The maximum atomic E-state index is 5.96. The highest BCUT2D eigenvalue weighted by Crippen LogP contribution is 2.31. The van der Waals surface area contributed by atoms with Crippen molar-refractivity contribution in [2.24, 2.45) is 11.8 Å². The van der Waals surface area contributed by atoms with Crippen molar-refractivity contribution in [3.63, 3.8) is 0 Å². The first-order chi connectivity index (χ1) is 12.7. The fraction of sp³-hybridized carbons (Fsp3) is 0.440. The molecule has 3 rings (SSSR count). The van der Waals surface area contributed by atoms with Crippen molar-refractivity contribution in [1.82, 2.24) is 0 Å². The van der Waals surface area contributed by atoms with Gasteiger partial charge in [-0.3, -0.25) is 0 Å². The average molecular weight is 365 g/mol. The van der Waals surface area contributed by atoms with E-state index < -0.39 is 0 Å². The van der Waals surface area contributed by atoms with Crippen molar-refractivity contribution in [2.75, 3.05) is 0 Å². The number of halogens is 1. The molecule has 1 aliphatic carbocycles. The topological polar surface area (TPSA) is 0 Å². The molecule has 26 heavy (non-hydrogen) atoms. The largest absolute Gasteiger partial charge is 0.0945 e. The van der Waals surface area contributed by atoms with E-state index in [1.807, 2.05) is 12.1 Å². The molecule has 0 saturated heterocycles. The van der Waals surface area contributed by atoms with Gasteiger partial charge < -0.3 is 0 Å². The van der Waals surface area contributed by atoms with Crippen LogP contribution in [0.3, 0.4) is 0 Å². The van der Waals surface area contributed by atoms with Gasteiger partial charge in [0.1, 0.15) is 0 Å². The second-order valence-corrected chi connectivity index (χ2v) is 8.00. The number of benzene rings is 2. The van der Waals surface area contributed by atoms with Gasteiger partial charge in [0, 0.05) is 16.5 Å². The number of hydrogen-bond acceptors (Lipinski definition) is 0. The maximum Gasteiger partial charge on any atom is 0.0406 e. The Morgan fingerprint density at radius 3 is 2.08 bits per heavy atom. The van der Waals surface area contributed by atoms with Crippen LogP contribution in [0, 0.1) is 23.7 Å². The maximum absolute atomic E-state index is 5.96. The molecule has 136 valence electrons. The molecule has 1 saturated carbocycles. The van der Waals surface area contributed by atoms with Crippen LogP contribution in [0.25, 0.3) is 11.1 Å². The molecule has 0 N–H and O–H groups in total. The molecule has 0 aliphatic heterocycles. The summed E-state index contributed by atoms with van der Waals surface area (Å²) in [4.78, 5) is 0. The molecule has 1 aliphatic rings. The first-order valence-corrected chi connectivity index (χ1v) is 10.5. The highest BCUT2D eigenvalue weighted by Gasteiger charge is 2.19. The van der Waals surface area contributed by atoms with Crippen LogP contribution in [0.2, 0.25) is 5.02 Å². The van der Waals surface area contributed by atoms with Crippen LogP contribution in [0.4, 0.5) is 0 Å². The van der Waals surface area contributed by atoms with Gasteiger partial charge in [-0.2, -0.15) is 0 Å². The first-order valence-electron chi connectivity index (χ1n) is 10.1. The van der Waals surface area contributed by atoms with E-state index in [4.69, 9.17) is 11.6 Å². The lowest BCUT2D eigenvalue weighted by Gasteiger charge is -2.25. The molecule has 0 atom stereocenters. The van der Waals surface area contributed by atoms with Gasteiger partial charge in [0.2, 0.25) is 0 Å². The standard InChI is InChI=1S/C25H29Cl/c1-2-3-4-5-20-6-8-21(9-7-20)10-11-22-12-14-23(15-13-22)24-16-18-25(26)19-17-24/h12-21H,2-9H2,1H3. The Balaban J connectivity index is 1.52. The van der Waals surface area contributed by atoms with Crippen LogP contribution in [0.5, 0.6) is 0 Å². The zero-order chi connectivity index (χ0) is 18.2. The summed E-state index contributed by atoms with van der Waals surface area (Å²) in [6.45, 7) is 2.29. The van der Waals surface area contributed by atoms with Gasteiger partial charge in [-0.25, -0.2) is 0 Å².